The van der Waals surface area contributed by atoms with E-state index in [1.807, 2.05) is 18.2 Å². The minimum atomic E-state index is 0.280. The highest BCUT2D eigenvalue weighted by Gasteiger charge is 2.01. The molecule has 0 heterocycles. The third-order valence-corrected chi connectivity index (χ3v) is 3.67. The van der Waals surface area contributed by atoms with Gasteiger partial charge in [-0.1, -0.05) is 40.5 Å². The minimum absolute atomic E-state index is 0.280. The highest BCUT2D eigenvalue weighted by Crippen LogP contribution is 2.21. The topological polar surface area (TPSA) is 32.3 Å². The van der Waals surface area contributed by atoms with Gasteiger partial charge >= 0.3 is 0 Å². The Labute approximate surface area is 117 Å². The van der Waals surface area contributed by atoms with Crippen molar-refractivity contribution in [2.75, 3.05) is 13.2 Å². The number of benzene rings is 1. The summed E-state index contributed by atoms with van der Waals surface area (Å²) in [5, 5.41) is 13.0. The van der Waals surface area contributed by atoms with Crippen molar-refractivity contribution in [1.82, 2.24) is 5.32 Å². The van der Waals surface area contributed by atoms with Gasteiger partial charge in [-0.3, -0.25) is 0 Å². The van der Waals surface area contributed by atoms with Crippen LogP contribution in [0.15, 0.2) is 22.7 Å². The Morgan fingerprint density at radius 3 is 2.88 bits per heavy atom. The Morgan fingerprint density at radius 1 is 1.47 bits per heavy atom. The van der Waals surface area contributed by atoms with Crippen LogP contribution in [-0.4, -0.2) is 18.3 Å². The zero-order chi connectivity index (χ0) is 12.7. The maximum atomic E-state index is 8.89. The molecule has 0 radical (unpaired) electrons. The lowest BCUT2D eigenvalue weighted by molar-refractivity contribution is 0.228. The number of halogens is 2. The SMILES string of the molecule is CC(CO)CCCNCc1ccc(Cl)cc1Br. The number of hydrogen-bond donors (Lipinski definition) is 2. The molecule has 0 aliphatic rings. The first kappa shape index (κ1) is 15.0. The van der Waals surface area contributed by atoms with E-state index in [1.54, 1.807) is 0 Å². The molecule has 0 amide bonds. The van der Waals surface area contributed by atoms with Crippen molar-refractivity contribution < 1.29 is 5.11 Å². The highest BCUT2D eigenvalue weighted by atomic mass is 79.9. The molecule has 96 valence electrons. The second-order valence-corrected chi connectivity index (χ2v) is 5.63. The van der Waals surface area contributed by atoms with E-state index >= 15 is 0 Å². The van der Waals surface area contributed by atoms with Crippen molar-refractivity contribution in [1.29, 1.82) is 0 Å². The van der Waals surface area contributed by atoms with Gasteiger partial charge in [-0.2, -0.15) is 0 Å². The second kappa shape index (κ2) is 8.09. The molecule has 0 spiro atoms. The van der Waals surface area contributed by atoms with Crippen LogP contribution in [0.2, 0.25) is 5.02 Å². The third kappa shape index (κ3) is 5.87. The first-order valence-corrected chi connectivity index (χ1v) is 7.06. The van der Waals surface area contributed by atoms with Crippen molar-refractivity contribution in [3.8, 4) is 0 Å². The molecule has 4 heteroatoms. The summed E-state index contributed by atoms with van der Waals surface area (Å²) < 4.78 is 1.04. The second-order valence-electron chi connectivity index (χ2n) is 4.34. The van der Waals surface area contributed by atoms with Crippen molar-refractivity contribution in [2.24, 2.45) is 5.92 Å². The highest BCUT2D eigenvalue weighted by molar-refractivity contribution is 9.10. The molecule has 0 saturated carbocycles. The summed E-state index contributed by atoms with van der Waals surface area (Å²) in [6, 6.07) is 5.83. The zero-order valence-electron chi connectivity index (χ0n) is 10.0. The average molecular weight is 321 g/mol. The molecule has 2 nitrogen and oxygen atoms in total. The van der Waals surface area contributed by atoms with Crippen LogP contribution in [0, 0.1) is 5.92 Å². The summed E-state index contributed by atoms with van der Waals surface area (Å²) in [6.07, 6.45) is 2.15. The normalized spacial score (nSPS) is 12.7. The van der Waals surface area contributed by atoms with E-state index < -0.39 is 0 Å². The van der Waals surface area contributed by atoms with Crippen LogP contribution < -0.4 is 5.32 Å². The molecule has 0 saturated heterocycles. The van der Waals surface area contributed by atoms with Crippen LogP contribution in [0.3, 0.4) is 0 Å². The van der Waals surface area contributed by atoms with Crippen LogP contribution >= 0.6 is 27.5 Å². The van der Waals surface area contributed by atoms with Crippen LogP contribution in [0.1, 0.15) is 25.3 Å². The Bertz CT molecular complexity index is 346. The molecule has 1 aromatic carbocycles. The predicted octanol–water partition coefficient (Wildman–Crippen LogP) is 3.60. The molecule has 0 aromatic heterocycles. The van der Waals surface area contributed by atoms with Crippen LogP contribution in [0.25, 0.3) is 0 Å². The Kier molecular flexibility index (Phi) is 7.12. The van der Waals surface area contributed by atoms with Gasteiger partial charge in [0, 0.05) is 22.6 Å². The van der Waals surface area contributed by atoms with Gasteiger partial charge in [0.15, 0.2) is 0 Å². The van der Waals surface area contributed by atoms with Gasteiger partial charge in [0.1, 0.15) is 0 Å². The third-order valence-electron chi connectivity index (χ3n) is 2.69. The van der Waals surface area contributed by atoms with Gasteiger partial charge < -0.3 is 10.4 Å². The molecule has 2 N–H and O–H groups in total. The standard InChI is InChI=1S/C13H19BrClNO/c1-10(9-17)3-2-6-16-8-11-4-5-12(15)7-13(11)14/h4-5,7,10,16-17H,2-3,6,8-9H2,1H3. The summed E-state index contributed by atoms with van der Waals surface area (Å²) in [6.45, 7) is 4.16. The summed E-state index contributed by atoms with van der Waals surface area (Å²) >= 11 is 9.37. The summed E-state index contributed by atoms with van der Waals surface area (Å²) in [5.41, 5.74) is 1.21. The fourth-order valence-corrected chi connectivity index (χ4v) is 2.38. The van der Waals surface area contributed by atoms with E-state index in [2.05, 4.69) is 28.2 Å². The quantitative estimate of drug-likeness (QED) is 0.752. The Morgan fingerprint density at radius 2 is 2.24 bits per heavy atom. The maximum absolute atomic E-state index is 8.89. The maximum Gasteiger partial charge on any atom is 0.0456 e. The fraction of sp³-hybridized carbons (Fsp3) is 0.538. The van der Waals surface area contributed by atoms with Crippen LogP contribution in [-0.2, 0) is 6.54 Å². The first-order valence-electron chi connectivity index (χ1n) is 5.89. The first-order chi connectivity index (χ1) is 8.13. The van der Waals surface area contributed by atoms with Gasteiger partial charge in [0.25, 0.3) is 0 Å². The summed E-state index contributed by atoms with van der Waals surface area (Å²) in [7, 11) is 0. The van der Waals surface area contributed by atoms with Crippen LogP contribution in [0.5, 0.6) is 0 Å². The van der Waals surface area contributed by atoms with E-state index in [-0.39, 0.29) is 6.61 Å². The monoisotopic (exact) mass is 319 g/mol. The minimum Gasteiger partial charge on any atom is -0.396 e. The molecule has 0 fully saturated rings. The number of aliphatic hydroxyl groups excluding tert-OH is 1. The van der Waals surface area contributed by atoms with E-state index in [0.717, 1.165) is 35.4 Å². The van der Waals surface area contributed by atoms with Gasteiger partial charge in [0.05, 0.1) is 0 Å². The Balaban J connectivity index is 2.22. The summed E-state index contributed by atoms with van der Waals surface area (Å²) in [4.78, 5) is 0. The molecule has 0 aliphatic heterocycles. The molecule has 17 heavy (non-hydrogen) atoms. The molecule has 1 aromatic rings. The predicted molar refractivity (Wildman–Crippen MR) is 76.3 cm³/mol. The molecule has 0 aliphatic carbocycles. The molecule has 1 rings (SSSR count). The molecular formula is C13H19BrClNO. The average Bonchev–Trinajstić information content (AvgIpc) is 2.30. The number of rotatable bonds is 7. The number of nitrogens with one attached hydrogen (secondary N) is 1. The van der Waals surface area contributed by atoms with Gasteiger partial charge in [0.2, 0.25) is 0 Å². The molecule has 1 unspecified atom stereocenters. The van der Waals surface area contributed by atoms with Gasteiger partial charge in [-0.05, 0) is 43.0 Å². The smallest absolute Gasteiger partial charge is 0.0456 e. The van der Waals surface area contributed by atoms with E-state index in [9.17, 15) is 0 Å². The number of hydrogen-bond acceptors (Lipinski definition) is 2. The molecule has 1 atom stereocenters. The van der Waals surface area contributed by atoms with E-state index in [1.165, 1.54) is 5.56 Å². The number of aliphatic hydroxyl groups is 1. The largest absolute Gasteiger partial charge is 0.396 e. The van der Waals surface area contributed by atoms with Crippen molar-refractivity contribution in [3.05, 3.63) is 33.3 Å². The lowest BCUT2D eigenvalue weighted by Gasteiger charge is -2.09. The lowest BCUT2D eigenvalue weighted by Crippen LogP contribution is -2.16. The lowest BCUT2D eigenvalue weighted by atomic mass is 10.1. The molecular weight excluding hydrogens is 302 g/mol. The zero-order valence-corrected chi connectivity index (χ0v) is 12.4. The van der Waals surface area contributed by atoms with Crippen molar-refractivity contribution >= 4 is 27.5 Å². The van der Waals surface area contributed by atoms with Crippen molar-refractivity contribution in [3.63, 3.8) is 0 Å². The molecule has 0 bridgehead atoms. The van der Waals surface area contributed by atoms with Gasteiger partial charge in [-0.25, -0.2) is 0 Å². The summed E-state index contributed by atoms with van der Waals surface area (Å²) in [5.74, 6) is 0.402. The van der Waals surface area contributed by atoms with Crippen molar-refractivity contribution in [2.45, 2.75) is 26.3 Å². The Hall–Kier alpha value is -0.0900. The van der Waals surface area contributed by atoms with Gasteiger partial charge in [-0.15, -0.1) is 0 Å². The van der Waals surface area contributed by atoms with E-state index in [4.69, 9.17) is 16.7 Å². The van der Waals surface area contributed by atoms with E-state index in [0.29, 0.717) is 5.92 Å². The van der Waals surface area contributed by atoms with Crippen LogP contribution in [0.4, 0.5) is 0 Å². The fourth-order valence-electron chi connectivity index (χ4n) is 1.55.